The summed E-state index contributed by atoms with van der Waals surface area (Å²) in [6.07, 6.45) is 0.643. The van der Waals surface area contributed by atoms with Gasteiger partial charge in [-0.3, -0.25) is 9.59 Å². The highest BCUT2D eigenvalue weighted by Gasteiger charge is 2.29. The van der Waals surface area contributed by atoms with Crippen LogP contribution >= 0.6 is 11.6 Å². The lowest BCUT2D eigenvalue weighted by molar-refractivity contribution is -0.140. The summed E-state index contributed by atoms with van der Waals surface area (Å²) >= 11 is 5.99. The van der Waals surface area contributed by atoms with Crippen molar-refractivity contribution in [3.8, 4) is 0 Å². The van der Waals surface area contributed by atoms with Crippen LogP contribution in [0.4, 0.5) is 0 Å². The molecule has 0 aliphatic heterocycles. The zero-order chi connectivity index (χ0) is 22.2. The molecule has 5 heteroatoms. The third-order valence-corrected chi connectivity index (χ3v) is 5.47. The highest BCUT2D eigenvalue weighted by Crippen LogP contribution is 2.18. The third kappa shape index (κ3) is 6.43. The maximum atomic E-state index is 13.5. The molecule has 1 atom stereocenters. The van der Waals surface area contributed by atoms with Crippen molar-refractivity contribution >= 4 is 23.4 Å². The van der Waals surface area contributed by atoms with Gasteiger partial charge in [-0.1, -0.05) is 83.9 Å². The van der Waals surface area contributed by atoms with E-state index in [1.165, 1.54) is 0 Å². The number of carbonyl (C=O) groups is 2. The number of carbonyl (C=O) groups excluding carboxylic acids is 2. The van der Waals surface area contributed by atoms with E-state index in [-0.39, 0.29) is 18.2 Å². The van der Waals surface area contributed by atoms with Crippen LogP contribution in [0.5, 0.6) is 0 Å². The molecule has 0 spiro atoms. The van der Waals surface area contributed by atoms with Gasteiger partial charge in [0.05, 0.1) is 6.42 Å². The number of aryl methyl sites for hydroxylation is 1. The number of benzene rings is 3. The largest absolute Gasteiger partial charge is 0.357 e. The summed E-state index contributed by atoms with van der Waals surface area (Å²) in [5, 5.41) is 3.36. The van der Waals surface area contributed by atoms with Gasteiger partial charge in [-0.25, -0.2) is 0 Å². The van der Waals surface area contributed by atoms with Crippen molar-refractivity contribution in [1.82, 2.24) is 10.2 Å². The Balaban J connectivity index is 1.93. The SMILES string of the molecule is CNC(=O)C(Cc1ccccc1)N(Cc1cccc(C)c1)C(=O)Cc1ccc(Cl)cc1. The van der Waals surface area contributed by atoms with Crippen molar-refractivity contribution < 1.29 is 9.59 Å². The van der Waals surface area contributed by atoms with Crippen LogP contribution < -0.4 is 5.32 Å². The standard InChI is InChI=1S/C26H27ClN2O2/c1-19-7-6-10-22(15-19)18-29(25(30)17-21-11-13-23(27)14-12-21)24(26(31)28-2)16-20-8-4-3-5-9-20/h3-15,24H,16-18H2,1-2H3,(H,28,31). The predicted octanol–water partition coefficient (Wildman–Crippen LogP) is 4.58. The maximum Gasteiger partial charge on any atom is 0.242 e. The molecule has 31 heavy (non-hydrogen) atoms. The summed E-state index contributed by atoms with van der Waals surface area (Å²) < 4.78 is 0. The van der Waals surface area contributed by atoms with Crippen LogP contribution in [0, 0.1) is 6.92 Å². The monoisotopic (exact) mass is 434 g/mol. The first-order valence-corrected chi connectivity index (χ1v) is 10.7. The lowest BCUT2D eigenvalue weighted by Gasteiger charge is -2.31. The first-order valence-electron chi connectivity index (χ1n) is 10.3. The van der Waals surface area contributed by atoms with E-state index in [9.17, 15) is 9.59 Å². The van der Waals surface area contributed by atoms with Gasteiger partial charge in [-0.2, -0.15) is 0 Å². The van der Waals surface area contributed by atoms with E-state index in [1.807, 2.05) is 73.7 Å². The Morgan fingerprint density at radius 2 is 1.58 bits per heavy atom. The predicted molar refractivity (Wildman–Crippen MR) is 125 cm³/mol. The second kappa shape index (κ2) is 10.8. The Morgan fingerprint density at radius 1 is 0.903 bits per heavy atom. The van der Waals surface area contributed by atoms with Gasteiger partial charge in [-0.05, 0) is 35.7 Å². The minimum Gasteiger partial charge on any atom is -0.357 e. The number of amides is 2. The van der Waals surface area contributed by atoms with E-state index in [0.717, 1.165) is 22.3 Å². The van der Waals surface area contributed by atoms with Gasteiger partial charge in [0.25, 0.3) is 0 Å². The molecule has 4 nitrogen and oxygen atoms in total. The molecule has 3 aromatic rings. The lowest BCUT2D eigenvalue weighted by Crippen LogP contribution is -2.50. The van der Waals surface area contributed by atoms with E-state index >= 15 is 0 Å². The van der Waals surface area contributed by atoms with Crippen LogP contribution in [0.3, 0.4) is 0 Å². The highest BCUT2D eigenvalue weighted by molar-refractivity contribution is 6.30. The molecule has 3 aromatic carbocycles. The number of hydrogen-bond acceptors (Lipinski definition) is 2. The molecule has 0 heterocycles. The number of nitrogens with zero attached hydrogens (tertiary/aromatic N) is 1. The van der Waals surface area contributed by atoms with Crippen molar-refractivity contribution in [3.63, 3.8) is 0 Å². The zero-order valence-corrected chi connectivity index (χ0v) is 18.6. The van der Waals surface area contributed by atoms with E-state index in [1.54, 1.807) is 24.1 Å². The molecule has 1 N–H and O–H groups in total. The van der Waals surface area contributed by atoms with Crippen LogP contribution in [0.2, 0.25) is 5.02 Å². The molecule has 1 unspecified atom stereocenters. The van der Waals surface area contributed by atoms with Crippen LogP contribution in [-0.4, -0.2) is 29.8 Å². The molecule has 0 fully saturated rings. The Morgan fingerprint density at radius 3 is 2.23 bits per heavy atom. The fourth-order valence-corrected chi connectivity index (χ4v) is 3.73. The Hall–Kier alpha value is -3.11. The molecule has 0 aromatic heterocycles. The molecular formula is C26H27ClN2O2. The van der Waals surface area contributed by atoms with Crippen LogP contribution in [0.25, 0.3) is 0 Å². The van der Waals surface area contributed by atoms with Crippen LogP contribution in [0.15, 0.2) is 78.9 Å². The molecule has 2 amide bonds. The smallest absolute Gasteiger partial charge is 0.242 e. The van der Waals surface area contributed by atoms with Gasteiger partial charge in [0, 0.05) is 25.0 Å². The number of halogens is 1. The molecule has 0 aliphatic carbocycles. The number of likely N-dealkylation sites (N-methyl/N-ethyl adjacent to an activating group) is 1. The lowest BCUT2D eigenvalue weighted by atomic mass is 10.0. The molecule has 0 saturated carbocycles. The molecule has 0 saturated heterocycles. The molecule has 0 radical (unpaired) electrons. The third-order valence-electron chi connectivity index (χ3n) is 5.22. The summed E-state index contributed by atoms with van der Waals surface area (Å²) in [7, 11) is 1.61. The van der Waals surface area contributed by atoms with E-state index in [4.69, 9.17) is 11.6 Å². The normalized spacial score (nSPS) is 11.6. The van der Waals surface area contributed by atoms with Crippen molar-refractivity contribution in [3.05, 3.63) is 106 Å². The number of nitrogens with one attached hydrogen (secondary N) is 1. The van der Waals surface area contributed by atoms with Gasteiger partial charge in [0.15, 0.2) is 0 Å². The summed E-state index contributed by atoms with van der Waals surface area (Å²) in [4.78, 5) is 28.0. The first-order chi connectivity index (χ1) is 15.0. The summed E-state index contributed by atoms with van der Waals surface area (Å²) in [5.41, 5.74) is 3.97. The average Bonchev–Trinajstić information content (AvgIpc) is 2.78. The Kier molecular flexibility index (Phi) is 7.85. The molecule has 160 valence electrons. The maximum absolute atomic E-state index is 13.5. The van der Waals surface area contributed by atoms with E-state index < -0.39 is 6.04 Å². The van der Waals surface area contributed by atoms with Gasteiger partial charge >= 0.3 is 0 Å². The van der Waals surface area contributed by atoms with Crippen molar-refractivity contribution in [1.29, 1.82) is 0 Å². The number of hydrogen-bond donors (Lipinski definition) is 1. The molecule has 0 aliphatic rings. The molecule has 0 bridgehead atoms. The number of rotatable bonds is 8. The zero-order valence-electron chi connectivity index (χ0n) is 17.8. The van der Waals surface area contributed by atoms with Gasteiger partial charge in [0.1, 0.15) is 6.04 Å². The topological polar surface area (TPSA) is 49.4 Å². The van der Waals surface area contributed by atoms with Crippen molar-refractivity contribution in [2.75, 3.05) is 7.05 Å². The average molecular weight is 435 g/mol. The van der Waals surface area contributed by atoms with Gasteiger partial charge in [0.2, 0.25) is 11.8 Å². The quantitative estimate of drug-likeness (QED) is 0.564. The Labute approximate surface area is 188 Å². The van der Waals surface area contributed by atoms with Crippen molar-refractivity contribution in [2.24, 2.45) is 0 Å². The molecular weight excluding hydrogens is 408 g/mol. The summed E-state index contributed by atoms with van der Waals surface area (Å²) in [6, 6.07) is 24.4. The highest BCUT2D eigenvalue weighted by atomic mass is 35.5. The first kappa shape index (κ1) is 22.6. The minimum absolute atomic E-state index is 0.103. The summed E-state index contributed by atoms with van der Waals surface area (Å²) in [5.74, 6) is -0.283. The second-order valence-corrected chi connectivity index (χ2v) is 8.07. The summed E-state index contributed by atoms with van der Waals surface area (Å²) in [6.45, 7) is 2.38. The van der Waals surface area contributed by atoms with E-state index in [0.29, 0.717) is 18.0 Å². The van der Waals surface area contributed by atoms with Gasteiger partial charge in [-0.15, -0.1) is 0 Å². The van der Waals surface area contributed by atoms with Crippen molar-refractivity contribution in [2.45, 2.75) is 32.4 Å². The van der Waals surface area contributed by atoms with Gasteiger partial charge < -0.3 is 10.2 Å². The Bertz CT molecular complexity index is 1020. The van der Waals surface area contributed by atoms with Crippen LogP contribution in [-0.2, 0) is 29.0 Å². The minimum atomic E-state index is -0.618. The fourth-order valence-electron chi connectivity index (χ4n) is 3.61. The molecule has 3 rings (SSSR count). The van der Waals surface area contributed by atoms with E-state index in [2.05, 4.69) is 5.32 Å². The fraction of sp³-hybridized carbons (Fsp3) is 0.231. The second-order valence-electron chi connectivity index (χ2n) is 7.63. The van der Waals surface area contributed by atoms with Crippen LogP contribution in [0.1, 0.15) is 22.3 Å².